The van der Waals surface area contributed by atoms with Gasteiger partial charge in [0.15, 0.2) is 0 Å². The molecule has 0 bridgehead atoms. The molecule has 0 saturated carbocycles. The first-order valence-electron chi connectivity index (χ1n) is 8.10. The number of hydrogen-bond donors (Lipinski definition) is 1. The lowest BCUT2D eigenvalue weighted by Gasteiger charge is -2.18. The Morgan fingerprint density at radius 2 is 1.85 bits per heavy atom. The van der Waals surface area contributed by atoms with Crippen LogP contribution in [0.3, 0.4) is 0 Å². The molecule has 2 aromatic rings. The van der Waals surface area contributed by atoms with E-state index in [1.807, 2.05) is 6.92 Å². The second-order valence-corrected chi connectivity index (χ2v) is 8.66. The lowest BCUT2D eigenvalue weighted by atomic mass is 10.2. The number of likely N-dealkylation sites (N-methyl/N-ethyl adjacent to an activating group) is 1. The smallest absolute Gasteiger partial charge is 0.243 e. The number of hydrogen-bond acceptors (Lipinski definition) is 4. The van der Waals surface area contributed by atoms with Gasteiger partial charge in [-0.3, -0.25) is 4.79 Å². The Morgan fingerprint density at radius 3 is 2.44 bits per heavy atom. The van der Waals surface area contributed by atoms with Crippen molar-refractivity contribution in [2.75, 3.05) is 25.5 Å². The summed E-state index contributed by atoms with van der Waals surface area (Å²) in [6.07, 6.45) is 0. The minimum atomic E-state index is -3.89. The Morgan fingerprint density at radius 1 is 1.15 bits per heavy atom. The number of halogens is 2. The van der Waals surface area contributed by atoms with Gasteiger partial charge in [-0.05, 0) is 49.7 Å². The third-order valence-corrected chi connectivity index (χ3v) is 6.24. The Hall–Kier alpha value is -1.80. The number of nitrogens with zero attached hydrogens (tertiary/aromatic N) is 1. The molecule has 0 aliphatic heterocycles. The number of carbonyl (C=O) groups excluding carboxylic acids is 1. The summed E-state index contributed by atoms with van der Waals surface area (Å²) >= 11 is 12.1. The van der Waals surface area contributed by atoms with E-state index < -0.39 is 15.9 Å². The number of sulfonamides is 1. The third-order valence-electron chi connectivity index (χ3n) is 3.73. The van der Waals surface area contributed by atoms with E-state index in [1.54, 1.807) is 25.1 Å². The highest BCUT2D eigenvalue weighted by Gasteiger charge is 2.24. The van der Waals surface area contributed by atoms with Crippen molar-refractivity contribution in [3.8, 4) is 5.75 Å². The van der Waals surface area contributed by atoms with Crippen LogP contribution in [0.15, 0.2) is 41.3 Å². The van der Waals surface area contributed by atoms with Crippen LogP contribution in [0, 0.1) is 6.92 Å². The standard InChI is InChI=1S/C18H20Cl2N2O4S/c1-4-26-17-8-7-14(10-16(17)20)27(24,25)22(3)11-18(23)21-13-6-5-12(2)15(19)9-13/h5-10H,4,11H2,1-3H3,(H,21,23). The quantitative estimate of drug-likeness (QED) is 0.720. The van der Waals surface area contributed by atoms with Crippen molar-refractivity contribution >= 4 is 44.8 Å². The molecule has 0 saturated heterocycles. The molecule has 1 N–H and O–H groups in total. The van der Waals surface area contributed by atoms with E-state index >= 15 is 0 Å². The molecule has 0 atom stereocenters. The molecule has 0 radical (unpaired) electrons. The fraction of sp³-hybridized carbons (Fsp3) is 0.278. The van der Waals surface area contributed by atoms with E-state index in [2.05, 4.69) is 5.32 Å². The van der Waals surface area contributed by atoms with Gasteiger partial charge in [-0.2, -0.15) is 4.31 Å². The molecule has 1 amide bonds. The fourth-order valence-corrected chi connectivity index (χ4v) is 3.89. The molecule has 0 fully saturated rings. The predicted octanol–water partition coefficient (Wildman–Crippen LogP) is 3.96. The number of anilines is 1. The highest BCUT2D eigenvalue weighted by atomic mass is 35.5. The molecule has 0 spiro atoms. The van der Waals surface area contributed by atoms with E-state index in [0.29, 0.717) is 23.1 Å². The minimum absolute atomic E-state index is 0.0235. The Kier molecular flexibility index (Phi) is 7.11. The second-order valence-electron chi connectivity index (χ2n) is 5.80. The van der Waals surface area contributed by atoms with Gasteiger partial charge in [-0.15, -0.1) is 0 Å². The van der Waals surface area contributed by atoms with Gasteiger partial charge in [-0.1, -0.05) is 29.3 Å². The number of benzene rings is 2. The van der Waals surface area contributed by atoms with Crippen molar-refractivity contribution < 1.29 is 17.9 Å². The summed E-state index contributed by atoms with van der Waals surface area (Å²) in [6.45, 7) is 3.69. The van der Waals surface area contributed by atoms with Crippen molar-refractivity contribution in [2.45, 2.75) is 18.7 Å². The average molecular weight is 431 g/mol. The van der Waals surface area contributed by atoms with E-state index in [0.717, 1.165) is 9.87 Å². The van der Waals surface area contributed by atoms with Crippen LogP contribution in [0.5, 0.6) is 5.75 Å². The maximum atomic E-state index is 12.7. The number of nitrogens with one attached hydrogen (secondary N) is 1. The molecule has 27 heavy (non-hydrogen) atoms. The van der Waals surface area contributed by atoms with Crippen molar-refractivity contribution in [2.24, 2.45) is 0 Å². The van der Waals surface area contributed by atoms with E-state index in [-0.39, 0.29) is 16.5 Å². The molecule has 0 aromatic heterocycles. The van der Waals surface area contributed by atoms with Crippen LogP contribution in [0.25, 0.3) is 0 Å². The van der Waals surface area contributed by atoms with Crippen molar-refractivity contribution in [1.82, 2.24) is 4.31 Å². The molecule has 0 heterocycles. The largest absolute Gasteiger partial charge is 0.492 e. The maximum absolute atomic E-state index is 12.7. The van der Waals surface area contributed by atoms with Crippen LogP contribution in [-0.2, 0) is 14.8 Å². The number of ether oxygens (including phenoxy) is 1. The number of aryl methyl sites for hydroxylation is 1. The summed E-state index contributed by atoms with van der Waals surface area (Å²) in [4.78, 5) is 12.2. The van der Waals surface area contributed by atoms with E-state index in [9.17, 15) is 13.2 Å². The SMILES string of the molecule is CCOc1ccc(S(=O)(=O)N(C)CC(=O)Nc2ccc(C)c(Cl)c2)cc1Cl. The second kappa shape index (κ2) is 8.93. The average Bonchev–Trinajstić information content (AvgIpc) is 2.59. The Balaban J connectivity index is 2.11. The van der Waals surface area contributed by atoms with Gasteiger partial charge in [0, 0.05) is 17.8 Å². The topological polar surface area (TPSA) is 75.7 Å². The first kappa shape index (κ1) is 21.5. The van der Waals surface area contributed by atoms with Gasteiger partial charge < -0.3 is 10.1 Å². The molecule has 0 aliphatic carbocycles. The van der Waals surface area contributed by atoms with Crippen molar-refractivity contribution in [3.63, 3.8) is 0 Å². The highest BCUT2D eigenvalue weighted by molar-refractivity contribution is 7.89. The lowest BCUT2D eigenvalue weighted by molar-refractivity contribution is -0.116. The third kappa shape index (κ3) is 5.35. The number of carbonyl (C=O) groups is 1. The van der Waals surface area contributed by atoms with Gasteiger partial charge in [-0.25, -0.2) is 8.42 Å². The molecule has 146 valence electrons. The number of amides is 1. The molecular weight excluding hydrogens is 411 g/mol. The molecule has 6 nitrogen and oxygen atoms in total. The molecule has 2 rings (SSSR count). The molecule has 2 aromatic carbocycles. The van der Waals surface area contributed by atoms with Gasteiger partial charge in [0.1, 0.15) is 5.75 Å². The van der Waals surface area contributed by atoms with Gasteiger partial charge in [0.25, 0.3) is 0 Å². The zero-order chi connectivity index (χ0) is 20.2. The van der Waals surface area contributed by atoms with Crippen LogP contribution in [0.2, 0.25) is 10.0 Å². The first-order valence-corrected chi connectivity index (χ1v) is 10.3. The van der Waals surface area contributed by atoms with Crippen LogP contribution < -0.4 is 10.1 Å². The molecular formula is C18H20Cl2N2O4S. The van der Waals surface area contributed by atoms with Crippen molar-refractivity contribution in [1.29, 1.82) is 0 Å². The van der Waals surface area contributed by atoms with Crippen LogP contribution in [0.4, 0.5) is 5.69 Å². The maximum Gasteiger partial charge on any atom is 0.243 e. The summed E-state index contributed by atoms with van der Waals surface area (Å²) < 4.78 is 31.6. The molecule has 0 aliphatic rings. The van der Waals surface area contributed by atoms with Crippen LogP contribution in [-0.4, -0.2) is 38.8 Å². The van der Waals surface area contributed by atoms with Gasteiger partial charge in [0.2, 0.25) is 15.9 Å². The fourth-order valence-electron chi connectivity index (χ4n) is 2.25. The lowest BCUT2D eigenvalue weighted by Crippen LogP contribution is -2.35. The van der Waals surface area contributed by atoms with Gasteiger partial charge in [0.05, 0.1) is 23.1 Å². The van der Waals surface area contributed by atoms with Gasteiger partial charge >= 0.3 is 0 Å². The zero-order valence-corrected chi connectivity index (χ0v) is 17.5. The summed E-state index contributed by atoms with van der Waals surface area (Å²) in [5.41, 5.74) is 1.37. The van der Waals surface area contributed by atoms with Crippen LogP contribution in [0.1, 0.15) is 12.5 Å². The van der Waals surface area contributed by atoms with Crippen LogP contribution >= 0.6 is 23.2 Å². The summed E-state index contributed by atoms with van der Waals surface area (Å²) in [5.74, 6) is -0.0900. The Labute approximate surface area is 169 Å². The first-order chi connectivity index (χ1) is 12.6. The molecule has 0 unspecified atom stereocenters. The normalized spacial score (nSPS) is 11.5. The van der Waals surface area contributed by atoms with Crippen molar-refractivity contribution in [3.05, 3.63) is 52.0 Å². The predicted molar refractivity (Wildman–Crippen MR) is 107 cm³/mol. The minimum Gasteiger partial charge on any atom is -0.492 e. The molecule has 9 heteroatoms. The van der Waals surface area contributed by atoms with E-state index in [4.69, 9.17) is 27.9 Å². The number of rotatable bonds is 7. The summed E-state index contributed by atoms with van der Waals surface area (Å²) in [7, 11) is -2.57. The monoisotopic (exact) mass is 430 g/mol. The zero-order valence-electron chi connectivity index (χ0n) is 15.1. The van der Waals surface area contributed by atoms with E-state index in [1.165, 1.54) is 25.2 Å². The summed E-state index contributed by atoms with van der Waals surface area (Å²) in [5, 5.41) is 3.32. The summed E-state index contributed by atoms with van der Waals surface area (Å²) in [6, 6.07) is 9.24. The highest BCUT2D eigenvalue weighted by Crippen LogP contribution is 2.28. The Bertz CT molecular complexity index is 948.